The fourth-order valence-electron chi connectivity index (χ4n) is 6.06. The van der Waals surface area contributed by atoms with Gasteiger partial charge in [0.25, 0.3) is 5.91 Å². The Kier molecular flexibility index (Phi) is 9.39. The first-order chi connectivity index (χ1) is 23.5. The molecule has 242 valence electrons. The second-order valence-electron chi connectivity index (χ2n) is 11.5. The molecule has 4 heterocycles. The summed E-state index contributed by atoms with van der Waals surface area (Å²) < 4.78 is 8.92. The Bertz CT molecular complexity index is 2160. The summed E-state index contributed by atoms with van der Waals surface area (Å²) in [6.07, 6.45) is 7.23. The van der Waals surface area contributed by atoms with Crippen LogP contribution in [0.3, 0.4) is 0 Å². The highest BCUT2D eigenvalue weighted by Crippen LogP contribution is 2.32. The van der Waals surface area contributed by atoms with Gasteiger partial charge in [-0.3, -0.25) is 9.78 Å². The summed E-state index contributed by atoms with van der Waals surface area (Å²) in [5.41, 5.74) is 7.26. The van der Waals surface area contributed by atoms with Gasteiger partial charge >= 0.3 is 0 Å². The lowest BCUT2D eigenvalue weighted by Crippen LogP contribution is -2.22. The molecule has 1 amide bonds. The average molecular weight is 677 g/mol. The topological polar surface area (TPSA) is 124 Å². The van der Waals surface area contributed by atoms with Crippen LogP contribution in [0, 0.1) is 0 Å². The molecule has 4 aromatic heterocycles. The maximum atomic E-state index is 13.4. The normalized spacial score (nSPS) is 11.4. The number of fused-ring (bicyclic) bond motifs is 2. The van der Waals surface area contributed by atoms with Gasteiger partial charge in [0.05, 0.1) is 22.3 Å². The highest BCUT2D eigenvalue weighted by molar-refractivity contribution is 7.18. The van der Waals surface area contributed by atoms with E-state index in [1.54, 1.807) is 30.8 Å². The molecule has 0 saturated carbocycles. The Morgan fingerprint density at radius 3 is 2.58 bits per heavy atom. The minimum Gasteiger partial charge on any atom is -0.497 e. The van der Waals surface area contributed by atoms with E-state index in [2.05, 4.69) is 59.8 Å². The van der Waals surface area contributed by atoms with E-state index in [1.807, 2.05) is 48.5 Å². The van der Waals surface area contributed by atoms with Gasteiger partial charge in [0.1, 0.15) is 5.75 Å². The zero-order chi connectivity index (χ0) is 32.9. The van der Waals surface area contributed by atoms with Crippen molar-refractivity contribution in [3.63, 3.8) is 0 Å². The van der Waals surface area contributed by atoms with Gasteiger partial charge in [0.15, 0.2) is 5.82 Å². The summed E-state index contributed by atoms with van der Waals surface area (Å²) in [6.45, 7) is 1.09. The van der Waals surface area contributed by atoms with E-state index in [1.165, 1.54) is 16.8 Å². The number of aryl methyl sites for hydroxylation is 5. The number of carbonyl (C=O) groups excluding carboxylic acids is 1. The maximum Gasteiger partial charge on any atom is 0.251 e. The van der Waals surface area contributed by atoms with Crippen LogP contribution in [-0.4, -0.2) is 48.2 Å². The third kappa shape index (κ3) is 7.07. The van der Waals surface area contributed by atoms with Gasteiger partial charge < -0.3 is 14.6 Å². The van der Waals surface area contributed by atoms with Crippen LogP contribution >= 0.6 is 22.9 Å². The number of aromatic nitrogens is 7. The van der Waals surface area contributed by atoms with Crippen molar-refractivity contribution < 1.29 is 9.53 Å². The Balaban J connectivity index is 1.26. The molecule has 0 unspecified atom stereocenters. The third-order valence-corrected chi connectivity index (χ3v) is 9.84. The quantitative estimate of drug-likeness (QED) is 0.142. The molecule has 48 heavy (non-hydrogen) atoms. The van der Waals surface area contributed by atoms with E-state index in [0.29, 0.717) is 35.9 Å². The van der Waals surface area contributed by atoms with E-state index in [4.69, 9.17) is 21.3 Å². The Labute approximate surface area is 286 Å². The van der Waals surface area contributed by atoms with Gasteiger partial charge in [-0.25, -0.2) is 4.98 Å². The standard InChI is InChI=1S/C36H33ClN8O2S/c1-47-27-8-12-33-30(21-27)40-35(48-33)13-11-31-28(9-4-23-2-6-26(37)7-3-23)29-20-25(36(46)39-22-24-14-17-38-18-15-24)5-10-32(29)45(31)19-16-34-41-43-44-42-34/h2-3,5-8,10,12,14-15,17-18,20-21H,4,9,11,13,16,19,22H2,1H3,(H,39,46)(H,41,42,43,44). The van der Waals surface area contributed by atoms with Crippen molar-refractivity contribution in [2.24, 2.45) is 0 Å². The largest absolute Gasteiger partial charge is 0.497 e. The second kappa shape index (κ2) is 14.3. The first-order valence-corrected chi connectivity index (χ1v) is 16.9. The molecular weight excluding hydrogens is 644 g/mol. The number of halogens is 1. The van der Waals surface area contributed by atoms with Gasteiger partial charge in [-0.1, -0.05) is 28.9 Å². The highest BCUT2D eigenvalue weighted by atomic mass is 35.5. The zero-order valence-electron chi connectivity index (χ0n) is 26.3. The monoisotopic (exact) mass is 676 g/mol. The molecule has 0 atom stereocenters. The number of nitrogens with zero attached hydrogens (tertiary/aromatic N) is 6. The molecule has 0 aliphatic heterocycles. The van der Waals surface area contributed by atoms with E-state index < -0.39 is 0 Å². The Hall–Kier alpha value is -5.13. The van der Waals surface area contributed by atoms with Crippen LogP contribution in [0.1, 0.15) is 43.6 Å². The van der Waals surface area contributed by atoms with Crippen LogP contribution in [0.25, 0.3) is 21.1 Å². The summed E-state index contributed by atoms with van der Waals surface area (Å²) in [4.78, 5) is 22.4. The van der Waals surface area contributed by atoms with E-state index >= 15 is 0 Å². The number of H-pyrrole nitrogens is 1. The fraction of sp³-hybridized carbons (Fsp3) is 0.222. The molecule has 7 aromatic rings. The number of tetrazole rings is 1. The molecule has 0 fully saturated rings. The Morgan fingerprint density at radius 1 is 0.938 bits per heavy atom. The summed E-state index contributed by atoms with van der Waals surface area (Å²) in [7, 11) is 1.67. The number of nitrogens with one attached hydrogen (secondary N) is 2. The number of pyridine rings is 1. The van der Waals surface area contributed by atoms with Crippen molar-refractivity contribution in [2.75, 3.05) is 7.11 Å². The van der Waals surface area contributed by atoms with Crippen LogP contribution < -0.4 is 10.1 Å². The summed E-state index contributed by atoms with van der Waals surface area (Å²) in [6, 6.07) is 23.8. The molecule has 0 aliphatic carbocycles. The molecule has 3 aromatic carbocycles. The van der Waals surface area contributed by atoms with Crippen LogP contribution in [0.15, 0.2) is 85.2 Å². The Morgan fingerprint density at radius 2 is 1.79 bits per heavy atom. The lowest BCUT2D eigenvalue weighted by atomic mass is 9.99. The number of aromatic amines is 1. The lowest BCUT2D eigenvalue weighted by Gasteiger charge is -2.12. The number of benzene rings is 3. The SMILES string of the molecule is COc1ccc2sc(CCc3c(CCc4ccc(Cl)cc4)c4cc(C(=O)NCc5ccncc5)ccc4n3CCc3nn[nH]n3)nc2c1. The minimum atomic E-state index is -0.122. The number of hydrogen-bond acceptors (Lipinski definition) is 8. The van der Waals surface area contributed by atoms with Gasteiger partial charge in [-0.15, -0.1) is 21.5 Å². The van der Waals surface area contributed by atoms with Crippen molar-refractivity contribution in [2.45, 2.75) is 45.2 Å². The number of methoxy groups -OCH3 is 1. The molecule has 0 spiro atoms. The van der Waals surface area contributed by atoms with Gasteiger partial charge in [0.2, 0.25) is 0 Å². The molecule has 7 rings (SSSR count). The van der Waals surface area contributed by atoms with E-state index in [0.717, 1.165) is 63.1 Å². The first kappa shape index (κ1) is 31.5. The van der Waals surface area contributed by atoms with Crippen molar-refractivity contribution in [1.29, 1.82) is 0 Å². The second-order valence-corrected chi connectivity index (χ2v) is 13.0. The molecule has 0 bridgehead atoms. The van der Waals surface area contributed by atoms with Gasteiger partial charge in [-0.05, 0) is 90.6 Å². The predicted molar refractivity (Wildman–Crippen MR) is 188 cm³/mol. The number of hydrogen-bond donors (Lipinski definition) is 2. The van der Waals surface area contributed by atoms with Gasteiger partial charge in [0, 0.05) is 71.6 Å². The summed E-state index contributed by atoms with van der Waals surface area (Å²) in [5, 5.41) is 20.6. The number of thiazole rings is 1. The van der Waals surface area contributed by atoms with Crippen LogP contribution in [0.2, 0.25) is 5.02 Å². The molecule has 0 radical (unpaired) electrons. The van der Waals surface area contributed by atoms with Crippen LogP contribution in [0.5, 0.6) is 5.75 Å². The molecule has 2 N–H and O–H groups in total. The minimum absolute atomic E-state index is 0.122. The lowest BCUT2D eigenvalue weighted by molar-refractivity contribution is 0.0951. The first-order valence-electron chi connectivity index (χ1n) is 15.8. The summed E-state index contributed by atoms with van der Waals surface area (Å²) >= 11 is 7.91. The van der Waals surface area contributed by atoms with Crippen LogP contribution in [-0.2, 0) is 45.2 Å². The molecule has 10 nitrogen and oxygen atoms in total. The maximum absolute atomic E-state index is 13.4. The zero-order valence-corrected chi connectivity index (χ0v) is 27.9. The highest BCUT2D eigenvalue weighted by Gasteiger charge is 2.20. The van der Waals surface area contributed by atoms with E-state index in [-0.39, 0.29) is 5.91 Å². The average Bonchev–Trinajstić information content (AvgIpc) is 3.86. The van der Waals surface area contributed by atoms with E-state index in [9.17, 15) is 4.79 Å². The smallest absolute Gasteiger partial charge is 0.251 e. The number of rotatable bonds is 13. The third-order valence-electron chi connectivity index (χ3n) is 8.49. The number of ether oxygens (including phenoxy) is 1. The number of amides is 1. The molecule has 0 aliphatic rings. The molecule has 12 heteroatoms. The predicted octanol–water partition coefficient (Wildman–Crippen LogP) is 6.56. The summed E-state index contributed by atoms with van der Waals surface area (Å²) in [5.74, 6) is 1.33. The molecular formula is C36H33ClN8O2S. The van der Waals surface area contributed by atoms with Gasteiger partial charge in [-0.2, -0.15) is 5.21 Å². The van der Waals surface area contributed by atoms with Crippen molar-refractivity contribution in [3.05, 3.63) is 129 Å². The van der Waals surface area contributed by atoms with Crippen molar-refractivity contribution in [1.82, 2.24) is 40.5 Å². The molecule has 0 saturated heterocycles. The van der Waals surface area contributed by atoms with Crippen LogP contribution in [0.4, 0.5) is 0 Å². The number of carbonyl (C=O) groups is 1. The fourth-order valence-corrected chi connectivity index (χ4v) is 7.13. The van der Waals surface area contributed by atoms with Crippen molar-refractivity contribution in [3.8, 4) is 5.75 Å². The van der Waals surface area contributed by atoms with Crippen molar-refractivity contribution >= 4 is 50.0 Å².